The van der Waals surface area contributed by atoms with Crippen molar-refractivity contribution in [2.24, 2.45) is 0 Å². The predicted molar refractivity (Wildman–Crippen MR) is 94.5 cm³/mol. The van der Waals surface area contributed by atoms with E-state index in [9.17, 15) is 4.79 Å². The molecule has 2 aromatic heterocycles. The van der Waals surface area contributed by atoms with Crippen LogP contribution in [-0.2, 0) is 27.3 Å². The summed E-state index contributed by atoms with van der Waals surface area (Å²) in [5.41, 5.74) is 2.72. The Bertz CT molecular complexity index is 697. The lowest BCUT2D eigenvalue weighted by Crippen LogP contribution is -2.50. The molecule has 0 bridgehead atoms. The van der Waals surface area contributed by atoms with E-state index in [0.717, 1.165) is 29.1 Å². The van der Waals surface area contributed by atoms with Crippen molar-refractivity contribution < 1.29 is 18.8 Å². The molecule has 0 saturated carbocycles. The molecular weight excluding hydrogens is 334 g/mol. The first-order valence-electron chi connectivity index (χ1n) is 8.94. The lowest BCUT2D eigenvalue weighted by atomic mass is 10.1. The number of nitrogens with zero attached hydrogens (tertiary/aromatic N) is 2. The van der Waals surface area contributed by atoms with Crippen molar-refractivity contribution >= 4 is 5.91 Å². The van der Waals surface area contributed by atoms with Gasteiger partial charge < -0.3 is 19.3 Å². The van der Waals surface area contributed by atoms with Gasteiger partial charge >= 0.3 is 0 Å². The Hall–Kier alpha value is -2.25. The third-order valence-electron chi connectivity index (χ3n) is 4.60. The largest absolute Gasteiger partial charge is 0.379 e. The molecule has 1 amide bonds. The summed E-state index contributed by atoms with van der Waals surface area (Å²) in [4.78, 5) is 16.5. The summed E-state index contributed by atoms with van der Waals surface area (Å²) in [6, 6.07) is 5.56. The van der Waals surface area contributed by atoms with E-state index in [1.54, 1.807) is 6.20 Å². The Labute approximate surface area is 153 Å². The molecule has 7 heteroatoms. The molecule has 140 valence electrons. The SMILES string of the molecule is Cc1noc(C)c1CO[C@H]1CCOC[C@H]1NC(=O)CCc1ccccn1. The van der Waals surface area contributed by atoms with E-state index in [-0.39, 0.29) is 18.1 Å². The highest BCUT2D eigenvalue weighted by molar-refractivity contribution is 5.76. The van der Waals surface area contributed by atoms with Gasteiger partial charge in [-0.05, 0) is 38.8 Å². The maximum absolute atomic E-state index is 12.3. The predicted octanol–water partition coefficient (Wildman–Crippen LogP) is 2.11. The van der Waals surface area contributed by atoms with Gasteiger partial charge in [-0.15, -0.1) is 0 Å². The molecule has 7 nitrogen and oxygen atoms in total. The van der Waals surface area contributed by atoms with Crippen molar-refractivity contribution in [3.05, 3.63) is 47.1 Å². The van der Waals surface area contributed by atoms with Gasteiger partial charge in [0.25, 0.3) is 0 Å². The Morgan fingerprint density at radius 2 is 2.27 bits per heavy atom. The van der Waals surface area contributed by atoms with Crippen LogP contribution in [0.25, 0.3) is 0 Å². The number of rotatable bonds is 7. The molecule has 0 aliphatic carbocycles. The Balaban J connectivity index is 1.50. The number of hydrogen-bond donors (Lipinski definition) is 1. The third kappa shape index (κ3) is 4.89. The number of aryl methyl sites for hydroxylation is 3. The minimum absolute atomic E-state index is 0.0166. The van der Waals surface area contributed by atoms with Crippen molar-refractivity contribution in [1.82, 2.24) is 15.5 Å². The summed E-state index contributed by atoms with van der Waals surface area (Å²) in [7, 11) is 0. The van der Waals surface area contributed by atoms with Gasteiger partial charge in [0, 0.05) is 30.5 Å². The molecule has 2 aromatic rings. The lowest BCUT2D eigenvalue weighted by molar-refractivity contribution is -0.126. The molecule has 1 N–H and O–H groups in total. The van der Waals surface area contributed by atoms with E-state index >= 15 is 0 Å². The Morgan fingerprint density at radius 1 is 1.38 bits per heavy atom. The average Bonchev–Trinajstić information content (AvgIpc) is 2.98. The van der Waals surface area contributed by atoms with Gasteiger partial charge in [0.2, 0.25) is 5.91 Å². The first-order valence-corrected chi connectivity index (χ1v) is 8.94. The summed E-state index contributed by atoms with van der Waals surface area (Å²) >= 11 is 0. The van der Waals surface area contributed by atoms with Gasteiger partial charge in [0.1, 0.15) is 5.76 Å². The molecule has 2 atom stereocenters. The number of carbonyl (C=O) groups excluding carboxylic acids is 1. The molecule has 1 aliphatic rings. The smallest absolute Gasteiger partial charge is 0.220 e. The van der Waals surface area contributed by atoms with Crippen molar-refractivity contribution in [2.45, 2.75) is 51.9 Å². The van der Waals surface area contributed by atoms with Gasteiger partial charge in [-0.2, -0.15) is 0 Å². The first-order chi connectivity index (χ1) is 12.6. The fourth-order valence-electron chi connectivity index (χ4n) is 3.02. The monoisotopic (exact) mass is 359 g/mol. The van der Waals surface area contributed by atoms with Crippen molar-refractivity contribution in [2.75, 3.05) is 13.2 Å². The van der Waals surface area contributed by atoms with Gasteiger partial charge in [-0.3, -0.25) is 9.78 Å². The molecule has 1 aliphatic heterocycles. The van der Waals surface area contributed by atoms with Crippen molar-refractivity contribution in [3.63, 3.8) is 0 Å². The second-order valence-electron chi connectivity index (χ2n) is 6.51. The highest BCUT2D eigenvalue weighted by Crippen LogP contribution is 2.18. The highest BCUT2D eigenvalue weighted by atomic mass is 16.5. The first kappa shape index (κ1) is 18.5. The maximum atomic E-state index is 12.3. The molecule has 0 unspecified atom stereocenters. The fourth-order valence-corrected chi connectivity index (χ4v) is 3.02. The maximum Gasteiger partial charge on any atom is 0.220 e. The molecule has 1 fully saturated rings. The molecule has 1 saturated heterocycles. The van der Waals surface area contributed by atoms with Crippen LogP contribution in [0.1, 0.15) is 35.6 Å². The van der Waals surface area contributed by atoms with Crippen molar-refractivity contribution in [1.29, 1.82) is 0 Å². The van der Waals surface area contributed by atoms with E-state index in [4.69, 9.17) is 14.0 Å². The molecule has 3 heterocycles. The quantitative estimate of drug-likeness (QED) is 0.815. The second kappa shape index (κ2) is 8.91. The van der Waals surface area contributed by atoms with Crippen LogP contribution in [0, 0.1) is 13.8 Å². The molecule has 3 rings (SSSR count). The average molecular weight is 359 g/mol. The Morgan fingerprint density at radius 3 is 3.00 bits per heavy atom. The minimum Gasteiger partial charge on any atom is -0.379 e. The van der Waals surface area contributed by atoms with Crippen LogP contribution in [0.4, 0.5) is 0 Å². The van der Waals surface area contributed by atoms with Gasteiger partial charge in [-0.25, -0.2) is 0 Å². The van der Waals surface area contributed by atoms with Crippen LogP contribution >= 0.6 is 0 Å². The number of carbonyl (C=O) groups is 1. The van der Waals surface area contributed by atoms with Crippen LogP contribution < -0.4 is 5.32 Å². The second-order valence-corrected chi connectivity index (χ2v) is 6.51. The van der Waals surface area contributed by atoms with E-state index < -0.39 is 0 Å². The normalized spacial score (nSPS) is 20.1. The van der Waals surface area contributed by atoms with E-state index in [2.05, 4.69) is 15.5 Å². The topological polar surface area (TPSA) is 86.5 Å². The van der Waals surface area contributed by atoms with E-state index in [1.165, 1.54) is 0 Å². The Kier molecular flexibility index (Phi) is 6.35. The van der Waals surface area contributed by atoms with Crippen LogP contribution in [-0.4, -0.2) is 41.4 Å². The zero-order valence-corrected chi connectivity index (χ0v) is 15.2. The molecule has 0 radical (unpaired) electrons. The molecule has 26 heavy (non-hydrogen) atoms. The lowest BCUT2D eigenvalue weighted by Gasteiger charge is -2.32. The number of aromatic nitrogens is 2. The van der Waals surface area contributed by atoms with E-state index in [1.807, 2.05) is 32.0 Å². The third-order valence-corrected chi connectivity index (χ3v) is 4.60. The highest BCUT2D eigenvalue weighted by Gasteiger charge is 2.28. The van der Waals surface area contributed by atoms with E-state index in [0.29, 0.717) is 32.7 Å². The van der Waals surface area contributed by atoms with Gasteiger partial charge in [-0.1, -0.05) is 11.2 Å². The van der Waals surface area contributed by atoms with Gasteiger partial charge in [0.05, 0.1) is 31.1 Å². The summed E-state index contributed by atoms with van der Waals surface area (Å²) in [6.45, 7) is 5.29. The number of nitrogens with one attached hydrogen (secondary N) is 1. The number of hydrogen-bond acceptors (Lipinski definition) is 6. The number of amides is 1. The molecule has 0 spiro atoms. The number of pyridine rings is 1. The fraction of sp³-hybridized carbons (Fsp3) is 0.526. The molecule has 0 aromatic carbocycles. The minimum atomic E-state index is -0.152. The standard InChI is InChI=1S/C19H25N3O4/c1-13-16(14(2)26-22-13)11-25-18-8-10-24-12-17(18)21-19(23)7-6-15-5-3-4-9-20-15/h3-5,9,17-18H,6-8,10-12H2,1-2H3,(H,21,23)/t17-,18+/m1/s1. The van der Waals surface area contributed by atoms with Crippen molar-refractivity contribution in [3.8, 4) is 0 Å². The van der Waals surface area contributed by atoms with Crippen LogP contribution in [0.3, 0.4) is 0 Å². The van der Waals surface area contributed by atoms with Crippen LogP contribution in [0.5, 0.6) is 0 Å². The number of ether oxygens (including phenoxy) is 2. The van der Waals surface area contributed by atoms with Crippen LogP contribution in [0.15, 0.2) is 28.9 Å². The van der Waals surface area contributed by atoms with Crippen LogP contribution in [0.2, 0.25) is 0 Å². The summed E-state index contributed by atoms with van der Waals surface area (Å²) in [6.07, 6.45) is 3.40. The van der Waals surface area contributed by atoms with Gasteiger partial charge in [0.15, 0.2) is 0 Å². The summed E-state index contributed by atoms with van der Waals surface area (Å²) in [5.74, 6) is 0.752. The summed E-state index contributed by atoms with van der Waals surface area (Å²) in [5, 5.41) is 6.99. The zero-order valence-electron chi connectivity index (χ0n) is 15.2. The summed E-state index contributed by atoms with van der Waals surface area (Å²) < 4.78 is 16.8. The molecular formula is C19H25N3O4. The zero-order chi connectivity index (χ0) is 18.4.